The number of hydrogen-bond acceptors (Lipinski definition) is 5. The Balaban J connectivity index is 1.41. The second-order valence-corrected chi connectivity index (χ2v) is 6.10. The zero-order valence-corrected chi connectivity index (χ0v) is 13.7. The van der Waals surface area contributed by atoms with Gasteiger partial charge in [0.1, 0.15) is 17.9 Å². The van der Waals surface area contributed by atoms with Gasteiger partial charge in [-0.3, -0.25) is 0 Å². The molecule has 0 bridgehead atoms. The number of aromatic nitrogens is 4. The van der Waals surface area contributed by atoms with Crippen LogP contribution < -0.4 is 4.74 Å². The lowest BCUT2D eigenvalue weighted by atomic mass is 10.1. The summed E-state index contributed by atoms with van der Waals surface area (Å²) >= 11 is 0. The average molecular weight is 324 g/mol. The highest BCUT2D eigenvalue weighted by Gasteiger charge is 2.20. The lowest BCUT2D eigenvalue weighted by Gasteiger charge is -2.09. The predicted octanol–water partition coefficient (Wildman–Crippen LogP) is 2.72. The van der Waals surface area contributed by atoms with Crippen LogP contribution in [0.5, 0.6) is 5.75 Å². The number of nitrogens with zero attached hydrogens (tertiary/aromatic N) is 4. The van der Waals surface area contributed by atoms with Crippen molar-refractivity contribution in [3.05, 3.63) is 47.9 Å². The van der Waals surface area contributed by atoms with Gasteiger partial charge < -0.3 is 9.47 Å². The second-order valence-electron chi connectivity index (χ2n) is 6.10. The fourth-order valence-corrected chi connectivity index (χ4v) is 2.96. The normalized spacial score (nSPS) is 17.5. The van der Waals surface area contributed by atoms with Gasteiger partial charge in [-0.25, -0.2) is 9.67 Å². The highest BCUT2D eigenvalue weighted by molar-refractivity contribution is 5.84. The van der Waals surface area contributed by atoms with Crippen molar-refractivity contribution in [3.8, 4) is 5.75 Å². The standard InChI is InChI=1S/C18H20N4O2/c1-13-5-6-14-3-2-4-17(18(14)19-13)24-10-8-22-11-16(20-21-22)15-7-9-23-12-15/h2-6,11,15H,7-10,12H2,1H3/t15-/m0/s1. The van der Waals surface area contributed by atoms with Crippen LogP contribution in [0.1, 0.15) is 23.7 Å². The predicted molar refractivity (Wildman–Crippen MR) is 90.2 cm³/mol. The first kappa shape index (κ1) is 15.1. The van der Waals surface area contributed by atoms with Gasteiger partial charge in [0.25, 0.3) is 0 Å². The van der Waals surface area contributed by atoms with Crippen LogP contribution in [0, 0.1) is 6.92 Å². The molecule has 1 saturated heterocycles. The van der Waals surface area contributed by atoms with E-state index in [1.165, 1.54) is 0 Å². The number of hydrogen-bond donors (Lipinski definition) is 0. The van der Waals surface area contributed by atoms with Crippen molar-refractivity contribution in [2.75, 3.05) is 19.8 Å². The molecule has 3 heterocycles. The minimum atomic E-state index is 0.380. The van der Waals surface area contributed by atoms with E-state index in [2.05, 4.69) is 21.4 Å². The van der Waals surface area contributed by atoms with Crippen molar-refractivity contribution < 1.29 is 9.47 Å². The molecule has 2 aromatic heterocycles. The molecule has 6 nitrogen and oxygen atoms in total. The van der Waals surface area contributed by atoms with Crippen molar-refractivity contribution in [1.82, 2.24) is 20.0 Å². The van der Waals surface area contributed by atoms with Crippen LogP contribution in [0.4, 0.5) is 0 Å². The third-order valence-corrected chi connectivity index (χ3v) is 4.30. The first-order valence-electron chi connectivity index (χ1n) is 8.26. The summed E-state index contributed by atoms with van der Waals surface area (Å²) in [4.78, 5) is 4.58. The summed E-state index contributed by atoms with van der Waals surface area (Å²) < 4.78 is 13.2. The molecule has 4 rings (SSSR count). The second kappa shape index (κ2) is 6.57. The molecule has 124 valence electrons. The Kier molecular flexibility index (Phi) is 4.13. The first-order chi connectivity index (χ1) is 11.8. The van der Waals surface area contributed by atoms with E-state index < -0.39 is 0 Å². The number of pyridine rings is 1. The van der Waals surface area contributed by atoms with Crippen molar-refractivity contribution in [2.24, 2.45) is 0 Å². The van der Waals surface area contributed by atoms with E-state index in [1.807, 2.05) is 42.1 Å². The van der Waals surface area contributed by atoms with Gasteiger partial charge in [0.15, 0.2) is 0 Å². The Labute approximate surface area is 140 Å². The third-order valence-electron chi connectivity index (χ3n) is 4.30. The topological polar surface area (TPSA) is 62.1 Å². The molecule has 0 amide bonds. The Morgan fingerprint density at radius 2 is 2.25 bits per heavy atom. The fraction of sp³-hybridized carbons (Fsp3) is 0.389. The maximum atomic E-state index is 5.94. The van der Waals surface area contributed by atoms with Gasteiger partial charge in [-0.05, 0) is 25.5 Å². The van der Waals surface area contributed by atoms with Gasteiger partial charge in [-0.2, -0.15) is 0 Å². The van der Waals surface area contributed by atoms with Gasteiger partial charge in [0, 0.05) is 29.8 Å². The summed E-state index contributed by atoms with van der Waals surface area (Å²) in [7, 11) is 0. The molecule has 0 saturated carbocycles. The largest absolute Gasteiger partial charge is 0.489 e. The molecule has 0 unspecified atom stereocenters. The number of fused-ring (bicyclic) bond motifs is 1. The fourth-order valence-electron chi connectivity index (χ4n) is 2.96. The SMILES string of the molecule is Cc1ccc2cccc(OCCn3cc([C@H]4CCOC4)nn3)c2n1. The molecule has 1 aliphatic heterocycles. The molecule has 1 aromatic carbocycles. The van der Waals surface area contributed by atoms with E-state index in [0.717, 1.165) is 47.7 Å². The van der Waals surface area contributed by atoms with Gasteiger partial charge in [-0.1, -0.05) is 23.4 Å². The average Bonchev–Trinajstić information content (AvgIpc) is 3.26. The van der Waals surface area contributed by atoms with E-state index in [9.17, 15) is 0 Å². The van der Waals surface area contributed by atoms with Crippen LogP contribution in [-0.2, 0) is 11.3 Å². The maximum absolute atomic E-state index is 5.94. The molecular weight excluding hydrogens is 304 g/mol. The molecule has 1 atom stereocenters. The van der Waals surface area contributed by atoms with Gasteiger partial charge in [0.2, 0.25) is 0 Å². The van der Waals surface area contributed by atoms with Gasteiger partial charge >= 0.3 is 0 Å². The van der Waals surface area contributed by atoms with E-state index in [-0.39, 0.29) is 0 Å². The zero-order valence-electron chi connectivity index (χ0n) is 13.7. The molecule has 0 N–H and O–H groups in total. The number of benzene rings is 1. The van der Waals surface area contributed by atoms with Crippen LogP contribution in [0.25, 0.3) is 10.9 Å². The molecule has 24 heavy (non-hydrogen) atoms. The summed E-state index contributed by atoms with van der Waals surface area (Å²) in [6.45, 7) is 4.73. The quantitative estimate of drug-likeness (QED) is 0.722. The number of para-hydroxylation sites is 1. The van der Waals surface area contributed by atoms with Gasteiger partial charge in [-0.15, -0.1) is 5.10 Å². The van der Waals surface area contributed by atoms with E-state index in [0.29, 0.717) is 19.1 Å². The maximum Gasteiger partial charge on any atom is 0.145 e. The lowest BCUT2D eigenvalue weighted by molar-refractivity contribution is 0.193. The van der Waals surface area contributed by atoms with Crippen molar-refractivity contribution in [3.63, 3.8) is 0 Å². The Morgan fingerprint density at radius 3 is 3.12 bits per heavy atom. The monoisotopic (exact) mass is 324 g/mol. The third kappa shape index (κ3) is 3.10. The molecule has 1 fully saturated rings. The minimum Gasteiger partial charge on any atom is -0.489 e. The summed E-state index contributed by atoms with van der Waals surface area (Å²) in [5.74, 6) is 1.19. The van der Waals surface area contributed by atoms with E-state index >= 15 is 0 Å². The van der Waals surface area contributed by atoms with Crippen molar-refractivity contribution >= 4 is 10.9 Å². The lowest BCUT2D eigenvalue weighted by Crippen LogP contribution is -2.09. The molecular formula is C18H20N4O2. The Hall–Kier alpha value is -2.47. The zero-order chi connectivity index (χ0) is 16.4. The molecule has 1 aliphatic rings. The van der Waals surface area contributed by atoms with Gasteiger partial charge in [0.05, 0.1) is 18.8 Å². The van der Waals surface area contributed by atoms with Crippen LogP contribution in [-0.4, -0.2) is 39.8 Å². The van der Waals surface area contributed by atoms with Crippen molar-refractivity contribution in [2.45, 2.75) is 25.8 Å². The summed E-state index contributed by atoms with van der Waals surface area (Å²) in [5, 5.41) is 9.52. The molecule has 0 radical (unpaired) electrons. The molecule has 6 heteroatoms. The van der Waals surface area contributed by atoms with E-state index in [1.54, 1.807) is 0 Å². The van der Waals surface area contributed by atoms with E-state index in [4.69, 9.17) is 9.47 Å². The number of aryl methyl sites for hydroxylation is 1. The summed E-state index contributed by atoms with van der Waals surface area (Å²) in [6, 6.07) is 10.1. The van der Waals surface area contributed by atoms with Crippen LogP contribution >= 0.6 is 0 Å². The van der Waals surface area contributed by atoms with Crippen LogP contribution in [0.15, 0.2) is 36.5 Å². The summed E-state index contributed by atoms with van der Waals surface area (Å²) in [5.41, 5.74) is 2.90. The summed E-state index contributed by atoms with van der Waals surface area (Å²) in [6.07, 6.45) is 3.02. The first-order valence-corrected chi connectivity index (χ1v) is 8.26. The Bertz CT molecular complexity index is 840. The van der Waals surface area contributed by atoms with Crippen LogP contribution in [0.3, 0.4) is 0 Å². The highest BCUT2D eigenvalue weighted by Crippen LogP contribution is 2.24. The molecule has 3 aromatic rings. The number of rotatable bonds is 5. The molecule has 0 spiro atoms. The van der Waals surface area contributed by atoms with Crippen molar-refractivity contribution in [1.29, 1.82) is 0 Å². The minimum absolute atomic E-state index is 0.380. The molecule has 0 aliphatic carbocycles. The Morgan fingerprint density at radius 1 is 1.29 bits per heavy atom. The highest BCUT2D eigenvalue weighted by atomic mass is 16.5. The number of ether oxygens (including phenoxy) is 2. The smallest absolute Gasteiger partial charge is 0.145 e. The van der Waals surface area contributed by atoms with Crippen LogP contribution in [0.2, 0.25) is 0 Å².